The highest BCUT2D eigenvalue weighted by molar-refractivity contribution is 7.99. The van der Waals surface area contributed by atoms with E-state index in [1.165, 1.54) is 45.5 Å². The van der Waals surface area contributed by atoms with E-state index < -0.39 is 23.8 Å². The topological polar surface area (TPSA) is 61.8 Å². The van der Waals surface area contributed by atoms with E-state index in [1.54, 1.807) is 0 Å². The van der Waals surface area contributed by atoms with Crippen molar-refractivity contribution >= 4 is 40.5 Å². The highest BCUT2D eigenvalue weighted by Crippen LogP contribution is 2.41. The van der Waals surface area contributed by atoms with Crippen molar-refractivity contribution in [2.45, 2.75) is 17.6 Å². The van der Waals surface area contributed by atoms with Gasteiger partial charge in [0.2, 0.25) is 5.69 Å². The molecule has 0 radical (unpaired) electrons. The number of carbonyl (C=O) groups is 1. The lowest BCUT2D eigenvalue weighted by molar-refractivity contribution is -0.745. The number of ketones is 1. The predicted octanol–water partition coefficient (Wildman–Crippen LogP) is 1.64. The fraction of sp³-hybridized carbons (Fsp3) is 0.364. The number of alkyl halides is 2. The minimum absolute atomic E-state index is 0.323. The third-order valence-corrected chi connectivity index (χ3v) is 5.61. The molecular formula is C11H8ClF2N3O2S2. The van der Waals surface area contributed by atoms with E-state index in [0.29, 0.717) is 15.4 Å². The average Bonchev–Trinajstić information content (AvgIpc) is 3.08. The van der Waals surface area contributed by atoms with Crippen LogP contribution >= 0.6 is 34.7 Å². The van der Waals surface area contributed by atoms with Crippen LogP contribution in [-0.4, -0.2) is 27.5 Å². The summed E-state index contributed by atoms with van der Waals surface area (Å²) in [4.78, 5) is 16.3. The molecule has 2 aromatic rings. The van der Waals surface area contributed by atoms with E-state index in [4.69, 9.17) is 11.6 Å². The van der Waals surface area contributed by atoms with E-state index in [1.807, 2.05) is 0 Å². The molecule has 0 aliphatic carbocycles. The summed E-state index contributed by atoms with van der Waals surface area (Å²) in [6, 6.07) is -0.387. The Morgan fingerprint density at radius 2 is 2.38 bits per heavy atom. The first-order chi connectivity index (χ1) is 9.91. The number of fused-ring (bicyclic) bond motifs is 1. The van der Waals surface area contributed by atoms with Gasteiger partial charge in [-0.1, -0.05) is 11.6 Å². The van der Waals surface area contributed by atoms with E-state index >= 15 is 0 Å². The summed E-state index contributed by atoms with van der Waals surface area (Å²) in [6.45, 7) is 0. The SMILES string of the molecule is C[n+]1c([O-])c(C(=O)C(F)F)n2c1SCC2c1cnc(Cl)s1. The van der Waals surface area contributed by atoms with E-state index in [0.717, 1.165) is 4.88 Å². The smallest absolute Gasteiger partial charge is 0.318 e. The van der Waals surface area contributed by atoms with Crippen molar-refractivity contribution in [3.05, 3.63) is 21.2 Å². The maximum atomic E-state index is 12.8. The van der Waals surface area contributed by atoms with Crippen molar-refractivity contribution in [1.29, 1.82) is 0 Å². The Bertz CT molecular complexity index is 731. The zero-order valence-electron chi connectivity index (χ0n) is 10.5. The van der Waals surface area contributed by atoms with Crippen LogP contribution in [0.5, 0.6) is 5.88 Å². The number of carbonyl (C=O) groups excluding carboxylic acids is 1. The lowest BCUT2D eigenvalue weighted by Crippen LogP contribution is -2.32. The molecular weight excluding hydrogens is 344 g/mol. The van der Waals surface area contributed by atoms with Crippen molar-refractivity contribution in [2.24, 2.45) is 7.05 Å². The van der Waals surface area contributed by atoms with E-state index in [2.05, 4.69) is 4.98 Å². The molecule has 0 spiro atoms. The second-order valence-electron chi connectivity index (χ2n) is 4.37. The predicted molar refractivity (Wildman–Crippen MR) is 71.4 cm³/mol. The molecule has 2 aromatic heterocycles. The van der Waals surface area contributed by atoms with Crippen molar-refractivity contribution in [3.8, 4) is 5.88 Å². The summed E-state index contributed by atoms with van der Waals surface area (Å²) in [7, 11) is 1.46. The summed E-state index contributed by atoms with van der Waals surface area (Å²) < 4.78 is 28.4. The number of hydrogen-bond acceptors (Lipinski definition) is 5. The molecule has 0 bridgehead atoms. The second-order valence-corrected chi connectivity index (χ2v) is 7.00. The lowest BCUT2D eigenvalue weighted by Gasteiger charge is -2.09. The number of rotatable bonds is 3. The van der Waals surface area contributed by atoms with Gasteiger partial charge in [0.05, 0.1) is 17.7 Å². The molecule has 1 aliphatic heterocycles. The van der Waals surface area contributed by atoms with Gasteiger partial charge in [-0.25, -0.2) is 22.9 Å². The number of halogens is 3. The van der Waals surface area contributed by atoms with Gasteiger partial charge in [-0.05, 0) is 11.8 Å². The molecule has 0 aromatic carbocycles. The summed E-state index contributed by atoms with van der Waals surface area (Å²) in [5.41, 5.74) is -0.484. The standard InChI is InChI=1S/C11H8ClF2N3O2S2/c1-16-9(19)6(7(18)8(13)14)17-4(3-20-11(16)17)5-2-15-10(12)21-5/h2,4,8H,3H2,1H3. The Kier molecular flexibility index (Phi) is 3.66. The van der Waals surface area contributed by atoms with Crippen LogP contribution < -0.4 is 9.67 Å². The highest BCUT2D eigenvalue weighted by Gasteiger charge is 2.42. The van der Waals surface area contributed by atoms with Gasteiger partial charge in [0.1, 0.15) is 11.9 Å². The van der Waals surface area contributed by atoms with Crippen molar-refractivity contribution in [1.82, 2.24) is 9.55 Å². The molecule has 1 atom stereocenters. The molecule has 1 unspecified atom stereocenters. The molecule has 0 saturated heterocycles. The van der Waals surface area contributed by atoms with Crippen LogP contribution in [0, 0.1) is 0 Å². The molecule has 21 heavy (non-hydrogen) atoms. The number of aromatic nitrogens is 3. The Morgan fingerprint density at radius 1 is 1.67 bits per heavy atom. The fourth-order valence-electron chi connectivity index (χ4n) is 2.24. The maximum absolute atomic E-state index is 12.8. The van der Waals surface area contributed by atoms with Crippen LogP contribution in [0.3, 0.4) is 0 Å². The second kappa shape index (κ2) is 5.22. The van der Waals surface area contributed by atoms with E-state index in [9.17, 15) is 18.7 Å². The largest absolute Gasteiger partial charge is 0.839 e. The third kappa shape index (κ3) is 2.23. The van der Waals surface area contributed by atoms with Gasteiger partial charge in [-0.3, -0.25) is 4.79 Å². The summed E-state index contributed by atoms with van der Waals surface area (Å²) in [5.74, 6) is -1.63. The van der Waals surface area contributed by atoms with E-state index in [-0.39, 0.29) is 6.04 Å². The molecule has 0 N–H and O–H groups in total. The van der Waals surface area contributed by atoms with Gasteiger partial charge in [-0.15, -0.1) is 11.3 Å². The molecule has 0 saturated carbocycles. The van der Waals surface area contributed by atoms with Crippen LogP contribution in [-0.2, 0) is 7.05 Å². The molecule has 3 heterocycles. The Hall–Kier alpha value is -1.19. The molecule has 0 amide bonds. The van der Waals surface area contributed by atoms with Crippen LogP contribution in [0.1, 0.15) is 21.4 Å². The Balaban J connectivity index is 2.16. The number of Topliss-reactive ketones (excluding diaryl/α,β-unsaturated/α-hetero) is 1. The quantitative estimate of drug-likeness (QED) is 0.623. The summed E-state index contributed by atoms with van der Waals surface area (Å²) in [5, 5.41) is 12.6. The first-order valence-corrected chi connectivity index (χ1v) is 7.97. The number of thiazole rings is 1. The number of nitrogens with zero attached hydrogens (tertiary/aromatic N) is 3. The number of hydrogen-bond donors (Lipinski definition) is 0. The summed E-state index contributed by atoms with van der Waals surface area (Å²) >= 11 is 8.33. The van der Waals surface area contributed by atoms with Crippen LogP contribution in [0.25, 0.3) is 0 Å². The Labute approximate surface area is 131 Å². The van der Waals surface area contributed by atoms with Gasteiger partial charge in [0, 0.05) is 6.20 Å². The highest BCUT2D eigenvalue weighted by atomic mass is 35.5. The van der Waals surface area contributed by atoms with Gasteiger partial charge >= 0.3 is 11.6 Å². The first kappa shape index (κ1) is 14.7. The zero-order valence-corrected chi connectivity index (χ0v) is 12.9. The first-order valence-electron chi connectivity index (χ1n) is 5.79. The van der Waals surface area contributed by atoms with Crippen LogP contribution in [0.4, 0.5) is 8.78 Å². The van der Waals surface area contributed by atoms with Gasteiger partial charge in [-0.2, -0.15) is 0 Å². The molecule has 3 rings (SSSR count). The zero-order chi connectivity index (χ0) is 15.3. The van der Waals surface area contributed by atoms with Crippen molar-refractivity contribution in [3.63, 3.8) is 0 Å². The molecule has 10 heteroatoms. The molecule has 5 nitrogen and oxygen atoms in total. The Morgan fingerprint density at radius 3 is 2.95 bits per heavy atom. The molecule has 1 aliphatic rings. The van der Waals surface area contributed by atoms with Crippen LogP contribution in [0.2, 0.25) is 4.47 Å². The lowest BCUT2D eigenvalue weighted by atomic mass is 10.2. The van der Waals surface area contributed by atoms with Crippen molar-refractivity contribution < 1.29 is 23.2 Å². The third-order valence-electron chi connectivity index (χ3n) is 3.18. The van der Waals surface area contributed by atoms with Crippen LogP contribution in [0.15, 0.2) is 11.4 Å². The van der Waals surface area contributed by atoms with Crippen molar-refractivity contribution in [2.75, 3.05) is 5.75 Å². The minimum Gasteiger partial charge on any atom is -0.839 e. The molecule has 112 valence electrons. The minimum atomic E-state index is -3.21. The number of thioether (sulfide) groups is 1. The molecule has 0 fully saturated rings. The maximum Gasteiger partial charge on any atom is 0.318 e. The van der Waals surface area contributed by atoms with Gasteiger partial charge in [0.15, 0.2) is 4.47 Å². The monoisotopic (exact) mass is 351 g/mol. The number of imidazole rings is 1. The fourth-order valence-corrected chi connectivity index (χ4v) is 4.67. The van der Waals surface area contributed by atoms with Gasteiger partial charge in [0.25, 0.3) is 5.78 Å². The summed E-state index contributed by atoms with van der Waals surface area (Å²) in [6.07, 6.45) is -1.68. The normalized spacial score (nSPS) is 17.5. The van der Waals surface area contributed by atoms with Gasteiger partial charge < -0.3 is 5.11 Å². The average molecular weight is 352 g/mol.